The van der Waals surface area contributed by atoms with E-state index in [9.17, 15) is 0 Å². The van der Waals surface area contributed by atoms with Gasteiger partial charge in [0, 0.05) is 0 Å². The van der Waals surface area contributed by atoms with Crippen molar-refractivity contribution >= 4 is 82.7 Å². The van der Waals surface area contributed by atoms with Gasteiger partial charge >= 0.3 is 0 Å². The van der Waals surface area contributed by atoms with Crippen LogP contribution in [0.3, 0.4) is 0 Å². The van der Waals surface area contributed by atoms with Gasteiger partial charge in [-0.15, -0.1) is 6.35 Å². The van der Waals surface area contributed by atoms with Crippen molar-refractivity contribution in [3.8, 4) is 0 Å². The van der Waals surface area contributed by atoms with E-state index >= 15 is 0 Å². The Morgan fingerprint density at radius 3 is 1.60 bits per heavy atom. The van der Waals surface area contributed by atoms with Crippen LogP contribution in [0.4, 0.5) is 0 Å². The van der Waals surface area contributed by atoms with Crippen LogP contribution < -0.4 is 10.9 Å². The van der Waals surface area contributed by atoms with Gasteiger partial charge in [-0.25, -0.2) is 10.9 Å². The summed E-state index contributed by atoms with van der Waals surface area (Å²) in [5.41, 5.74) is 9.63. The monoisotopic (exact) mass is 544 g/mol. The normalized spacial score (nSPS) is 14.2. The Balaban J connectivity index is 1.53. The van der Waals surface area contributed by atoms with Gasteiger partial charge < -0.3 is 5.46 Å². The second kappa shape index (κ2) is 9.18. The van der Waals surface area contributed by atoms with Crippen molar-refractivity contribution in [2.45, 2.75) is 13.8 Å². The molecule has 8 aromatic rings. The van der Waals surface area contributed by atoms with E-state index in [2.05, 4.69) is 153 Å². The minimum atomic E-state index is 0.0883. The Morgan fingerprint density at radius 2 is 0.953 bits per heavy atom. The minimum absolute atomic E-state index is 0.0883. The lowest BCUT2D eigenvalue weighted by molar-refractivity contribution is 1.59. The predicted molar refractivity (Wildman–Crippen MR) is 190 cm³/mol. The molecule has 0 aliphatic heterocycles. The molecule has 1 aliphatic rings. The summed E-state index contributed by atoms with van der Waals surface area (Å²) < 4.78 is 0. The van der Waals surface area contributed by atoms with Crippen LogP contribution in [0.25, 0.3) is 59.9 Å². The van der Waals surface area contributed by atoms with Crippen LogP contribution >= 0.6 is 0 Å². The van der Waals surface area contributed by atoms with E-state index in [1.807, 2.05) is 0 Å². The summed E-state index contributed by atoms with van der Waals surface area (Å²) in [4.78, 5) is 0. The third kappa shape index (κ3) is 3.40. The molecular formula is C42H29B-2. The Labute approximate surface area is 251 Å². The molecule has 0 atom stereocenters. The molecule has 1 heteroatoms. The summed E-state index contributed by atoms with van der Waals surface area (Å²) in [5, 5.41) is 13.4. The highest BCUT2D eigenvalue weighted by molar-refractivity contribution is 6.97. The molecule has 0 heterocycles. The van der Waals surface area contributed by atoms with Gasteiger partial charge in [-0.2, -0.15) is 22.4 Å². The van der Waals surface area contributed by atoms with Crippen LogP contribution in [0.1, 0.15) is 23.6 Å². The minimum Gasteiger partial charge on any atom is -0.331 e. The van der Waals surface area contributed by atoms with E-state index in [1.165, 1.54) is 92.5 Å². The van der Waals surface area contributed by atoms with Gasteiger partial charge in [0.05, 0.1) is 0 Å². The molecule has 0 unspecified atom stereocenters. The van der Waals surface area contributed by atoms with Gasteiger partial charge in [0.2, 0.25) is 0 Å². The van der Waals surface area contributed by atoms with Crippen molar-refractivity contribution in [2.75, 3.05) is 0 Å². The van der Waals surface area contributed by atoms with Crippen molar-refractivity contribution in [1.82, 2.24) is 0 Å². The van der Waals surface area contributed by atoms with Crippen molar-refractivity contribution in [3.63, 3.8) is 0 Å². The Morgan fingerprint density at radius 1 is 0.488 bits per heavy atom. The highest BCUT2D eigenvalue weighted by Gasteiger charge is 2.20. The predicted octanol–water partition coefficient (Wildman–Crippen LogP) is 9.31. The first-order valence-electron chi connectivity index (χ1n) is 15.2. The van der Waals surface area contributed by atoms with Crippen LogP contribution in [0.5, 0.6) is 0 Å². The van der Waals surface area contributed by atoms with Crippen molar-refractivity contribution in [1.29, 1.82) is 0 Å². The summed E-state index contributed by atoms with van der Waals surface area (Å²) in [7, 11) is 0. The maximum absolute atomic E-state index is 2.45. The van der Waals surface area contributed by atoms with Gasteiger partial charge in [-0.1, -0.05) is 157 Å². The topological polar surface area (TPSA) is 0 Å². The molecule has 0 aromatic heterocycles. The van der Waals surface area contributed by atoms with Crippen LogP contribution in [-0.4, -0.2) is 11.8 Å². The highest BCUT2D eigenvalue weighted by Crippen LogP contribution is 2.40. The average molecular weight is 545 g/mol. The number of aryl methyl sites for hydroxylation is 1. The zero-order valence-corrected chi connectivity index (χ0v) is 24.4. The summed E-state index contributed by atoms with van der Waals surface area (Å²) in [5.74, 6) is 0. The van der Waals surface area contributed by atoms with Gasteiger partial charge in [0.25, 0.3) is 0 Å². The molecule has 0 radical (unpaired) electrons. The summed E-state index contributed by atoms with van der Waals surface area (Å²) in [6.07, 6.45) is 2.54. The summed E-state index contributed by atoms with van der Waals surface area (Å²) in [6.45, 7) is 4.64. The SMILES string of the molecule is CC1=Cc2c(c3ccccc3c3ccccc23)C1=[B-](c1ccccc1)c1c2c3ccccc3c3ccccc3c2c[c-]1C. The second-order valence-electron chi connectivity index (χ2n) is 12.1. The van der Waals surface area contributed by atoms with Crippen molar-refractivity contribution in [3.05, 3.63) is 156 Å². The summed E-state index contributed by atoms with van der Waals surface area (Å²) >= 11 is 0. The zero-order valence-electron chi connectivity index (χ0n) is 24.4. The van der Waals surface area contributed by atoms with E-state index < -0.39 is 0 Å². The molecule has 0 N–H and O–H groups in total. The molecule has 1 aliphatic carbocycles. The van der Waals surface area contributed by atoms with Gasteiger partial charge in [-0.05, 0) is 50.4 Å². The average Bonchev–Trinajstić information content (AvgIpc) is 3.59. The summed E-state index contributed by atoms with van der Waals surface area (Å²) in [6, 6.07) is 49.5. The molecule has 43 heavy (non-hydrogen) atoms. The Kier molecular flexibility index (Phi) is 5.22. The van der Waals surface area contributed by atoms with Gasteiger partial charge in [0.15, 0.2) is 0 Å². The van der Waals surface area contributed by atoms with Crippen LogP contribution in [0.2, 0.25) is 0 Å². The third-order valence-corrected chi connectivity index (χ3v) is 9.77. The number of fused-ring (bicyclic) bond motifs is 12. The molecule has 202 valence electrons. The molecule has 0 fully saturated rings. The molecule has 8 aromatic carbocycles. The lowest BCUT2D eigenvalue weighted by Crippen LogP contribution is -2.41. The Bertz CT molecular complexity index is 2500. The van der Waals surface area contributed by atoms with Crippen LogP contribution in [0, 0.1) is 6.92 Å². The fraction of sp³-hybridized carbons (Fsp3) is 0.0476. The smallest absolute Gasteiger partial charge is 0.00990 e. The highest BCUT2D eigenvalue weighted by atomic mass is 14.3. The first kappa shape index (κ1) is 24.5. The largest absolute Gasteiger partial charge is 0.331 e. The van der Waals surface area contributed by atoms with E-state index in [0.717, 1.165) is 0 Å². The number of hydrogen-bond acceptors (Lipinski definition) is 0. The third-order valence-electron chi connectivity index (χ3n) is 9.77. The number of rotatable bonds is 2. The van der Waals surface area contributed by atoms with Gasteiger partial charge in [-0.3, -0.25) is 0 Å². The number of benzene rings is 7. The molecule has 0 saturated heterocycles. The Hall–Kier alpha value is -5.14. The first-order chi connectivity index (χ1) is 21.2. The number of hydrogen-bond donors (Lipinski definition) is 0. The molecule has 0 spiro atoms. The van der Waals surface area contributed by atoms with E-state index in [4.69, 9.17) is 0 Å². The zero-order chi connectivity index (χ0) is 28.7. The maximum Gasteiger partial charge on any atom is -0.00990 e. The van der Waals surface area contributed by atoms with Crippen molar-refractivity contribution in [2.24, 2.45) is 0 Å². The fourth-order valence-electron chi connectivity index (χ4n) is 8.07. The maximum atomic E-state index is 2.45. The first-order valence-corrected chi connectivity index (χ1v) is 15.2. The van der Waals surface area contributed by atoms with E-state index in [0.29, 0.717) is 0 Å². The molecule has 0 nitrogen and oxygen atoms in total. The molecule has 0 bridgehead atoms. The van der Waals surface area contributed by atoms with Crippen LogP contribution in [0.15, 0.2) is 139 Å². The second-order valence-corrected chi connectivity index (χ2v) is 12.1. The van der Waals surface area contributed by atoms with Crippen LogP contribution in [-0.2, 0) is 0 Å². The molecule has 0 saturated carbocycles. The van der Waals surface area contributed by atoms with E-state index in [1.54, 1.807) is 0 Å². The quantitative estimate of drug-likeness (QED) is 0.116. The lowest BCUT2D eigenvalue weighted by Gasteiger charge is -2.33. The molecule has 9 rings (SSSR count). The molecular weight excluding hydrogens is 515 g/mol. The van der Waals surface area contributed by atoms with E-state index in [-0.39, 0.29) is 6.35 Å². The van der Waals surface area contributed by atoms with Gasteiger partial charge in [0.1, 0.15) is 0 Å². The van der Waals surface area contributed by atoms with Crippen molar-refractivity contribution < 1.29 is 0 Å². The lowest BCUT2D eigenvalue weighted by atomic mass is 9.45. The fourth-order valence-corrected chi connectivity index (χ4v) is 8.07. The number of allylic oxidation sites excluding steroid dienone is 1. The molecule has 0 amide bonds. The standard InChI is InChI=1S/C42H29B/c1-26-24-37-33-20-8-6-16-29(33)31-18-10-12-22-35(31)39(37)41(26)43(28-14-4-3-5-15-28)42-27(2)25-38-34-21-9-7-17-30(34)32-19-11-13-23-36(32)40(38)42/h3-25H,1-2H3/q-2.